The van der Waals surface area contributed by atoms with E-state index >= 15 is 0 Å². The summed E-state index contributed by atoms with van der Waals surface area (Å²) in [7, 11) is 0. The third kappa shape index (κ3) is 3.41. The standard InChI is InChI=1S/C23H37NO4/c1-4-5-6-7-11-14-19(24)18-16-28-20(23(26)21(2,3)22(18,23)25)27-15-17-12-9-8-10-13-17/h8-10,12-13,18-20,25-26H,4-7,11,14-16,24H2,1-3H3/t18-,19?,20?,22+,23+/m1/s1. The van der Waals surface area contributed by atoms with Gasteiger partial charge in [0.1, 0.15) is 5.60 Å². The second-order valence-corrected chi connectivity index (χ2v) is 9.09. The maximum Gasteiger partial charge on any atom is 0.190 e. The Balaban J connectivity index is 1.62. The van der Waals surface area contributed by atoms with E-state index in [0.717, 1.165) is 24.8 Å². The van der Waals surface area contributed by atoms with Crippen molar-refractivity contribution in [2.45, 2.75) is 89.4 Å². The fourth-order valence-corrected chi connectivity index (χ4v) is 5.08. The number of ether oxygens (including phenoxy) is 2. The van der Waals surface area contributed by atoms with E-state index in [2.05, 4.69) is 6.92 Å². The van der Waals surface area contributed by atoms with Crippen LogP contribution < -0.4 is 5.73 Å². The molecule has 1 aromatic carbocycles. The largest absolute Gasteiger partial charge is 0.386 e. The summed E-state index contributed by atoms with van der Waals surface area (Å²) in [6, 6.07) is 9.58. The lowest BCUT2D eigenvalue weighted by molar-refractivity contribution is -0.268. The first kappa shape index (κ1) is 21.7. The van der Waals surface area contributed by atoms with E-state index in [-0.39, 0.29) is 12.0 Å². The Kier molecular flexibility index (Phi) is 6.52. The molecular formula is C23H37NO4. The molecular weight excluding hydrogens is 354 g/mol. The fourth-order valence-electron chi connectivity index (χ4n) is 5.08. The van der Waals surface area contributed by atoms with E-state index in [1.54, 1.807) is 0 Å². The van der Waals surface area contributed by atoms with E-state index < -0.39 is 22.9 Å². The van der Waals surface area contributed by atoms with Crippen molar-refractivity contribution in [3.05, 3.63) is 35.9 Å². The lowest BCUT2D eigenvalue weighted by atomic mass is 9.84. The minimum Gasteiger partial charge on any atom is -0.386 e. The number of hydrogen-bond donors (Lipinski definition) is 3. The van der Waals surface area contributed by atoms with Crippen LogP contribution in [0.5, 0.6) is 0 Å². The van der Waals surface area contributed by atoms with Crippen molar-refractivity contribution >= 4 is 0 Å². The van der Waals surface area contributed by atoms with Crippen LogP contribution in [0.3, 0.4) is 0 Å². The zero-order valence-electron chi connectivity index (χ0n) is 17.6. The third-order valence-electron chi connectivity index (χ3n) is 7.13. The van der Waals surface area contributed by atoms with Gasteiger partial charge in [-0.1, -0.05) is 83.2 Å². The molecule has 1 heterocycles. The average molecular weight is 392 g/mol. The first-order chi connectivity index (χ1) is 13.3. The van der Waals surface area contributed by atoms with Gasteiger partial charge in [-0.2, -0.15) is 0 Å². The van der Waals surface area contributed by atoms with Gasteiger partial charge in [-0.05, 0) is 12.0 Å². The van der Waals surface area contributed by atoms with Crippen LogP contribution in [0.2, 0.25) is 0 Å². The van der Waals surface area contributed by atoms with Gasteiger partial charge in [0.15, 0.2) is 11.9 Å². The Morgan fingerprint density at radius 3 is 2.46 bits per heavy atom. The molecule has 0 aromatic heterocycles. The van der Waals surface area contributed by atoms with Gasteiger partial charge >= 0.3 is 0 Å². The second kappa shape index (κ2) is 8.41. The molecule has 1 aliphatic heterocycles. The van der Waals surface area contributed by atoms with Crippen LogP contribution in [0.25, 0.3) is 0 Å². The van der Waals surface area contributed by atoms with E-state index in [1.807, 2.05) is 44.2 Å². The molecule has 5 heteroatoms. The topological polar surface area (TPSA) is 84.9 Å². The summed E-state index contributed by atoms with van der Waals surface area (Å²) in [6.45, 7) is 6.59. The van der Waals surface area contributed by atoms with Crippen LogP contribution in [0.15, 0.2) is 30.3 Å². The van der Waals surface area contributed by atoms with Gasteiger partial charge in [0.05, 0.1) is 13.2 Å². The van der Waals surface area contributed by atoms with Crippen molar-refractivity contribution < 1.29 is 19.7 Å². The SMILES string of the molecule is CCCCCCCC(N)[C@H]1COC(OCc2ccccc2)[C@]2(O)C(C)(C)[C@@]12O. The zero-order valence-corrected chi connectivity index (χ0v) is 17.6. The highest BCUT2D eigenvalue weighted by Gasteiger charge is 2.90. The van der Waals surface area contributed by atoms with Crippen molar-refractivity contribution in [1.29, 1.82) is 0 Å². The maximum atomic E-state index is 11.5. The summed E-state index contributed by atoms with van der Waals surface area (Å²) in [5.74, 6) is -0.296. The number of nitrogens with two attached hydrogens (primary N) is 1. The molecule has 158 valence electrons. The molecule has 2 fully saturated rings. The maximum absolute atomic E-state index is 11.5. The van der Waals surface area contributed by atoms with Crippen LogP contribution in [-0.2, 0) is 16.1 Å². The minimum atomic E-state index is -1.45. The molecule has 1 aromatic rings. The van der Waals surface area contributed by atoms with Gasteiger partial charge in [-0.3, -0.25) is 0 Å². The first-order valence-corrected chi connectivity index (χ1v) is 10.8. The molecule has 1 saturated heterocycles. The Morgan fingerprint density at radius 1 is 1.11 bits per heavy atom. The Hall–Kier alpha value is -0.980. The van der Waals surface area contributed by atoms with E-state index in [9.17, 15) is 10.2 Å². The summed E-state index contributed by atoms with van der Waals surface area (Å²) in [5, 5.41) is 22.9. The molecule has 5 nitrogen and oxygen atoms in total. The van der Waals surface area contributed by atoms with Crippen molar-refractivity contribution in [1.82, 2.24) is 0 Å². The predicted molar refractivity (Wildman–Crippen MR) is 109 cm³/mol. The molecule has 0 spiro atoms. The fraction of sp³-hybridized carbons (Fsp3) is 0.739. The molecule has 2 aliphatic rings. The predicted octanol–water partition coefficient (Wildman–Crippen LogP) is 3.37. The van der Waals surface area contributed by atoms with E-state index in [4.69, 9.17) is 15.2 Å². The van der Waals surface area contributed by atoms with Crippen LogP contribution in [-0.4, -0.2) is 40.4 Å². The van der Waals surface area contributed by atoms with Crippen molar-refractivity contribution in [2.75, 3.05) is 6.61 Å². The Morgan fingerprint density at radius 2 is 1.79 bits per heavy atom. The highest BCUT2D eigenvalue weighted by atomic mass is 16.7. The Labute approximate surface area is 169 Å². The lowest BCUT2D eigenvalue weighted by Crippen LogP contribution is -2.56. The molecule has 4 N–H and O–H groups in total. The normalized spacial score (nSPS) is 34.6. The van der Waals surface area contributed by atoms with Crippen molar-refractivity contribution in [3.8, 4) is 0 Å². The minimum absolute atomic E-state index is 0.199. The monoisotopic (exact) mass is 391 g/mol. The van der Waals surface area contributed by atoms with Crippen LogP contribution in [0, 0.1) is 11.3 Å². The molecule has 1 saturated carbocycles. The number of unbranched alkanes of at least 4 members (excludes halogenated alkanes) is 4. The summed E-state index contributed by atoms with van der Waals surface area (Å²) < 4.78 is 11.8. The number of aliphatic hydroxyl groups is 2. The molecule has 28 heavy (non-hydrogen) atoms. The molecule has 5 atom stereocenters. The van der Waals surface area contributed by atoms with Crippen LogP contribution in [0.4, 0.5) is 0 Å². The zero-order chi connectivity index (χ0) is 20.4. The smallest absolute Gasteiger partial charge is 0.190 e. The average Bonchev–Trinajstić information content (AvgIpc) is 3.06. The molecule has 1 aliphatic carbocycles. The van der Waals surface area contributed by atoms with E-state index in [0.29, 0.717) is 13.2 Å². The molecule has 0 radical (unpaired) electrons. The number of fused-ring (bicyclic) bond motifs is 1. The summed E-state index contributed by atoms with van der Waals surface area (Å²) >= 11 is 0. The molecule has 3 rings (SSSR count). The van der Waals surface area contributed by atoms with Crippen LogP contribution in [0.1, 0.15) is 64.9 Å². The summed E-state index contributed by atoms with van der Waals surface area (Å²) in [5.41, 5.74) is 4.00. The number of hydrogen-bond acceptors (Lipinski definition) is 5. The van der Waals surface area contributed by atoms with Gasteiger partial charge in [0.2, 0.25) is 0 Å². The number of rotatable bonds is 10. The van der Waals surface area contributed by atoms with Crippen molar-refractivity contribution in [3.63, 3.8) is 0 Å². The van der Waals surface area contributed by atoms with Gasteiger partial charge in [-0.25, -0.2) is 0 Å². The highest BCUT2D eigenvalue weighted by molar-refractivity contribution is 5.37. The highest BCUT2D eigenvalue weighted by Crippen LogP contribution is 2.72. The molecule has 0 bridgehead atoms. The summed E-state index contributed by atoms with van der Waals surface area (Å²) in [6.07, 6.45) is 5.86. The summed E-state index contributed by atoms with van der Waals surface area (Å²) in [4.78, 5) is 0. The van der Waals surface area contributed by atoms with E-state index in [1.165, 1.54) is 19.3 Å². The third-order valence-corrected chi connectivity index (χ3v) is 7.13. The lowest BCUT2D eigenvalue weighted by Gasteiger charge is -2.39. The van der Waals surface area contributed by atoms with Gasteiger partial charge in [0.25, 0.3) is 0 Å². The van der Waals surface area contributed by atoms with Crippen LogP contribution >= 0.6 is 0 Å². The van der Waals surface area contributed by atoms with Gasteiger partial charge < -0.3 is 25.4 Å². The first-order valence-electron chi connectivity index (χ1n) is 10.8. The Bertz CT molecular complexity index is 637. The number of benzene rings is 1. The molecule has 0 amide bonds. The quantitative estimate of drug-likeness (QED) is 0.533. The van der Waals surface area contributed by atoms with Gasteiger partial charge in [0, 0.05) is 17.4 Å². The van der Waals surface area contributed by atoms with Crippen molar-refractivity contribution in [2.24, 2.45) is 17.1 Å². The second-order valence-electron chi connectivity index (χ2n) is 9.09. The van der Waals surface area contributed by atoms with Gasteiger partial charge in [-0.15, -0.1) is 0 Å². The molecule has 2 unspecified atom stereocenters.